The van der Waals surface area contributed by atoms with Gasteiger partial charge in [0.2, 0.25) is 0 Å². The molecule has 0 amide bonds. The lowest BCUT2D eigenvalue weighted by atomic mass is 10.0. The van der Waals surface area contributed by atoms with Crippen LogP contribution >= 0.6 is 0 Å². The molecule has 2 fully saturated rings. The molecule has 1 atom stereocenters. The molecule has 0 spiro atoms. The number of hydrogen-bond acceptors (Lipinski definition) is 4. The van der Waals surface area contributed by atoms with Gasteiger partial charge in [0.15, 0.2) is 5.82 Å². The molecule has 0 aromatic carbocycles. The third-order valence-electron chi connectivity index (χ3n) is 4.39. The Kier molecular flexibility index (Phi) is 2.35. The zero-order valence-electron chi connectivity index (χ0n) is 10.7. The summed E-state index contributed by atoms with van der Waals surface area (Å²) in [7, 11) is 0. The lowest BCUT2D eigenvalue weighted by Gasteiger charge is -2.40. The molecule has 4 heterocycles. The zero-order chi connectivity index (χ0) is 11.9. The number of rotatable bonds is 1. The van der Waals surface area contributed by atoms with Crippen LogP contribution in [0.2, 0.25) is 0 Å². The fourth-order valence-corrected chi connectivity index (χ4v) is 3.43. The molecular weight excluding hydrogens is 224 g/mol. The first-order valence-corrected chi connectivity index (χ1v) is 7.18. The van der Waals surface area contributed by atoms with Crippen molar-refractivity contribution in [2.45, 2.75) is 31.7 Å². The standard InChI is InChI=1S/C14H20N4/c1-2-8-17(7-1)13-6-5-12-14(16-13)15-11-4-3-9-18(12)10-11/h5-6,11H,1-4,7-10H2,(H,15,16). The van der Waals surface area contributed by atoms with Crippen molar-refractivity contribution in [3.05, 3.63) is 12.1 Å². The SMILES string of the molecule is c1cc2c(nc1N1CCCC1)NC1CCCN2C1. The Bertz CT molecular complexity index is 453. The highest BCUT2D eigenvalue weighted by molar-refractivity contribution is 5.71. The van der Waals surface area contributed by atoms with Gasteiger partial charge in [-0.05, 0) is 37.8 Å². The maximum absolute atomic E-state index is 4.85. The monoisotopic (exact) mass is 244 g/mol. The van der Waals surface area contributed by atoms with E-state index >= 15 is 0 Å². The zero-order valence-corrected chi connectivity index (χ0v) is 10.7. The van der Waals surface area contributed by atoms with E-state index in [2.05, 4.69) is 27.2 Å². The molecule has 1 aromatic rings. The molecule has 2 bridgehead atoms. The summed E-state index contributed by atoms with van der Waals surface area (Å²) >= 11 is 0. The van der Waals surface area contributed by atoms with E-state index in [1.54, 1.807) is 0 Å². The number of nitrogens with zero attached hydrogens (tertiary/aromatic N) is 3. The maximum Gasteiger partial charge on any atom is 0.152 e. The van der Waals surface area contributed by atoms with Crippen LogP contribution < -0.4 is 15.1 Å². The molecule has 0 radical (unpaired) electrons. The quantitative estimate of drug-likeness (QED) is 0.819. The smallest absolute Gasteiger partial charge is 0.152 e. The molecule has 0 aliphatic carbocycles. The normalized spacial score (nSPS) is 25.9. The lowest BCUT2D eigenvalue weighted by molar-refractivity contribution is 0.515. The van der Waals surface area contributed by atoms with Crippen molar-refractivity contribution in [3.63, 3.8) is 0 Å². The van der Waals surface area contributed by atoms with Crippen molar-refractivity contribution in [3.8, 4) is 0 Å². The van der Waals surface area contributed by atoms with Crippen LogP contribution in [0.15, 0.2) is 12.1 Å². The van der Waals surface area contributed by atoms with Crippen molar-refractivity contribution in [1.29, 1.82) is 0 Å². The lowest BCUT2D eigenvalue weighted by Crippen LogP contribution is -2.46. The second kappa shape index (κ2) is 4.04. The average molecular weight is 244 g/mol. The fraction of sp³-hybridized carbons (Fsp3) is 0.643. The summed E-state index contributed by atoms with van der Waals surface area (Å²) in [5.41, 5.74) is 1.30. The first-order valence-electron chi connectivity index (χ1n) is 7.18. The molecule has 2 saturated heterocycles. The number of anilines is 3. The van der Waals surface area contributed by atoms with Crippen molar-refractivity contribution in [2.75, 3.05) is 41.3 Å². The van der Waals surface area contributed by atoms with Crippen LogP contribution in [-0.4, -0.2) is 37.2 Å². The molecule has 3 aliphatic rings. The summed E-state index contributed by atoms with van der Waals surface area (Å²) in [6.45, 7) is 4.67. The summed E-state index contributed by atoms with van der Waals surface area (Å²) < 4.78 is 0. The second-order valence-corrected chi connectivity index (χ2v) is 5.66. The van der Waals surface area contributed by atoms with Gasteiger partial charge >= 0.3 is 0 Å². The Hall–Kier alpha value is -1.45. The van der Waals surface area contributed by atoms with Gasteiger partial charge in [-0.1, -0.05) is 0 Å². The molecule has 96 valence electrons. The highest BCUT2D eigenvalue weighted by Gasteiger charge is 2.28. The average Bonchev–Trinajstić information content (AvgIpc) is 2.92. The summed E-state index contributed by atoms with van der Waals surface area (Å²) in [5.74, 6) is 2.26. The highest BCUT2D eigenvalue weighted by atomic mass is 15.3. The van der Waals surface area contributed by atoms with Crippen LogP contribution in [0.3, 0.4) is 0 Å². The van der Waals surface area contributed by atoms with Gasteiger partial charge < -0.3 is 15.1 Å². The van der Waals surface area contributed by atoms with Crippen molar-refractivity contribution < 1.29 is 0 Å². The van der Waals surface area contributed by atoms with Gasteiger partial charge in [0.25, 0.3) is 0 Å². The van der Waals surface area contributed by atoms with Crippen LogP contribution in [0.4, 0.5) is 17.3 Å². The van der Waals surface area contributed by atoms with E-state index in [0.29, 0.717) is 6.04 Å². The predicted molar refractivity (Wildman–Crippen MR) is 74.5 cm³/mol. The molecular formula is C14H20N4. The molecule has 18 heavy (non-hydrogen) atoms. The van der Waals surface area contributed by atoms with E-state index in [1.165, 1.54) is 51.0 Å². The van der Waals surface area contributed by atoms with E-state index in [0.717, 1.165) is 18.2 Å². The van der Waals surface area contributed by atoms with Crippen molar-refractivity contribution in [2.24, 2.45) is 0 Å². The first-order chi connectivity index (χ1) is 8.90. The van der Waals surface area contributed by atoms with E-state index < -0.39 is 0 Å². The number of pyridine rings is 1. The molecule has 1 N–H and O–H groups in total. The minimum atomic E-state index is 0.604. The first kappa shape index (κ1) is 10.5. The van der Waals surface area contributed by atoms with E-state index in [-0.39, 0.29) is 0 Å². The minimum absolute atomic E-state index is 0.604. The van der Waals surface area contributed by atoms with Crippen LogP contribution in [0, 0.1) is 0 Å². The minimum Gasteiger partial charge on any atom is -0.366 e. The Balaban J connectivity index is 1.68. The number of nitrogens with one attached hydrogen (secondary N) is 1. The van der Waals surface area contributed by atoms with Crippen molar-refractivity contribution in [1.82, 2.24) is 4.98 Å². The van der Waals surface area contributed by atoms with E-state index in [1.807, 2.05) is 0 Å². The van der Waals surface area contributed by atoms with Crippen molar-refractivity contribution >= 4 is 17.3 Å². The maximum atomic E-state index is 4.85. The third-order valence-corrected chi connectivity index (χ3v) is 4.39. The third kappa shape index (κ3) is 1.62. The highest BCUT2D eigenvalue weighted by Crippen LogP contribution is 2.35. The van der Waals surface area contributed by atoms with Crippen LogP contribution in [-0.2, 0) is 0 Å². The van der Waals surface area contributed by atoms with Crippen LogP contribution in [0.25, 0.3) is 0 Å². The number of fused-ring (bicyclic) bond motifs is 4. The van der Waals surface area contributed by atoms with E-state index in [9.17, 15) is 0 Å². The molecule has 4 rings (SSSR count). The summed E-state index contributed by atoms with van der Waals surface area (Å²) in [5, 5.41) is 3.61. The van der Waals surface area contributed by atoms with Gasteiger partial charge in [-0.15, -0.1) is 0 Å². The summed E-state index contributed by atoms with van der Waals surface area (Å²) in [4.78, 5) is 9.74. The van der Waals surface area contributed by atoms with Gasteiger partial charge in [-0.2, -0.15) is 0 Å². The Labute approximate surface area is 108 Å². The summed E-state index contributed by atoms with van der Waals surface area (Å²) in [6, 6.07) is 5.05. The number of hydrogen-bond donors (Lipinski definition) is 1. The van der Waals surface area contributed by atoms with Gasteiger partial charge in [-0.25, -0.2) is 4.98 Å². The molecule has 4 heteroatoms. The second-order valence-electron chi connectivity index (χ2n) is 5.66. The molecule has 0 saturated carbocycles. The van der Waals surface area contributed by atoms with Gasteiger partial charge in [0.05, 0.1) is 5.69 Å². The largest absolute Gasteiger partial charge is 0.366 e. The Morgan fingerprint density at radius 3 is 2.78 bits per heavy atom. The molecule has 3 aliphatic heterocycles. The predicted octanol–water partition coefficient (Wildman–Crippen LogP) is 2.08. The van der Waals surface area contributed by atoms with Gasteiger partial charge in [0.1, 0.15) is 5.82 Å². The van der Waals surface area contributed by atoms with Gasteiger partial charge in [0, 0.05) is 32.2 Å². The Morgan fingerprint density at radius 2 is 1.89 bits per heavy atom. The summed E-state index contributed by atoms with van der Waals surface area (Å²) in [6.07, 6.45) is 5.19. The Morgan fingerprint density at radius 1 is 1.06 bits per heavy atom. The van der Waals surface area contributed by atoms with Crippen LogP contribution in [0.1, 0.15) is 25.7 Å². The molecule has 1 unspecified atom stereocenters. The molecule has 4 nitrogen and oxygen atoms in total. The topological polar surface area (TPSA) is 31.4 Å². The van der Waals surface area contributed by atoms with Gasteiger partial charge in [-0.3, -0.25) is 0 Å². The number of piperidine rings is 1. The fourth-order valence-electron chi connectivity index (χ4n) is 3.43. The molecule has 1 aromatic heterocycles. The van der Waals surface area contributed by atoms with E-state index in [4.69, 9.17) is 4.98 Å². The van der Waals surface area contributed by atoms with Crippen LogP contribution in [0.5, 0.6) is 0 Å². The number of aromatic nitrogens is 1.